The van der Waals surface area contributed by atoms with Crippen molar-refractivity contribution in [3.8, 4) is 11.5 Å². The van der Waals surface area contributed by atoms with Crippen molar-refractivity contribution < 1.29 is 23.9 Å². The number of amides is 1. The Kier molecular flexibility index (Phi) is 8.25. The molecule has 1 saturated heterocycles. The van der Waals surface area contributed by atoms with Crippen molar-refractivity contribution in [3.05, 3.63) is 59.5 Å². The second kappa shape index (κ2) is 11.6. The number of aromatic nitrogens is 1. The van der Waals surface area contributed by atoms with Crippen LogP contribution in [0, 0.1) is 5.82 Å². The second-order valence-electron chi connectivity index (χ2n) is 9.52. The highest BCUT2D eigenvalue weighted by molar-refractivity contribution is 5.92. The summed E-state index contributed by atoms with van der Waals surface area (Å²) in [4.78, 5) is 17.1. The molecule has 8 heteroatoms. The number of hydrogen-bond donors (Lipinski definition) is 2. The van der Waals surface area contributed by atoms with E-state index < -0.39 is 0 Å². The SMILES string of the molecule is CCN(C(=O)C=Cc1ccc(O)c(O)c1)C(C)CCCN1CCC(c2noc3cc(F)ccc23)CC1. The lowest BCUT2D eigenvalue weighted by Crippen LogP contribution is -2.38. The van der Waals surface area contributed by atoms with E-state index in [4.69, 9.17) is 4.52 Å². The molecule has 0 radical (unpaired) electrons. The molecule has 2 heterocycles. The van der Waals surface area contributed by atoms with Crippen LogP contribution in [0.5, 0.6) is 11.5 Å². The van der Waals surface area contributed by atoms with Crippen molar-refractivity contribution in [2.24, 2.45) is 0 Å². The van der Waals surface area contributed by atoms with Gasteiger partial charge in [0, 0.05) is 36.0 Å². The minimum atomic E-state index is -0.314. The molecule has 2 N–H and O–H groups in total. The van der Waals surface area contributed by atoms with Gasteiger partial charge in [0.1, 0.15) is 5.82 Å². The summed E-state index contributed by atoms with van der Waals surface area (Å²) in [6, 6.07) is 9.18. The van der Waals surface area contributed by atoms with Gasteiger partial charge in [0.2, 0.25) is 5.91 Å². The largest absolute Gasteiger partial charge is 0.504 e. The minimum Gasteiger partial charge on any atom is -0.504 e. The number of fused-ring (bicyclic) bond motifs is 1. The van der Waals surface area contributed by atoms with Crippen LogP contribution in [-0.4, -0.2) is 63.3 Å². The van der Waals surface area contributed by atoms with Crippen molar-refractivity contribution in [2.75, 3.05) is 26.2 Å². The minimum absolute atomic E-state index is 0.0712. The molecular weight excluding hydrogens is 461 g/mol. The molecule has 1 aliphatic rings. The summed E-state index contributed by atoms with van der Waals surface area (Å²) in [5, 5.41) is 24.2. The van der Waals surface area contributed by atoms with Crippen LogP contribution in [0.15, 0.2) is 47.0 Å². The Bertz CT molecular complexity index is 1220. The first-order chi connectivity index (χ1) is 17.4. The summed E-state index contributed by atoms with van der Waals surface area (Å²) < 4.78 is 18.8. The smallest absolute Gasteiger partial charge is 0.246 e. The quantitative estimate of drug-likeness (QED) is 0.310. The fraction of sp³-hybridized carbons (Fsp3) is 0.429. The van der Waals surface area contributed by atoms with Crippen LogP contribution >= 0.6 is 0 Å². The average Bonchev–Trinajstić information content (AvgIpc) is 3.28. The van der Waals surface area contributed by atoms with E-state index in [1.165, 1.54) is 30.3 Å². The molecule has 2 aromatic carbocycles. The van der Waals surface area contributed by atoms with Crippen LogP contribution in [-0.2, 0) is 4.79 Å². The van der Waals surface area contributed by atoms with Crippen molar-refractivity contribution in [1.82, 2.24) is 15.0 Å². The summed E-state index contributed by atoms with van der Waals surface area (Å²) >= 11 is 0. The zero-order chi connectivity index (χ0) is 25.7. The number of piperidine rings is 1. The first-order valence-corrected chi connectivity index (χ1v) is 12.6. The Morgan fingerprint density at radius 2 is 2.00 bits per heavy atom. The molecular formula is C28H34FN3O4. The highest BCUT2D eigenvalue weighted by Gasteiger charge is 2.25. The van der Waals surface area contributed by atoms with Crippen molar-refractivity contribution in [2.45, 2.75) is 51.5 Å². The maximum absolute atomic E-state index is 13.4. The van der Waals surface area contributed by atoms with Crippen molar-refractivity contribution in [3.63, 3.8) is 0 Å². The standard InChI is InChI=1S/C28H34FN3O4/c1-3-32(27(35)11-7-20-6-10-24(33)25(34)17-20)19(2)5-4-14-31-15-12-21(13-16-31)28-23-9-8-22(29)18-26(23)36-30-28/h6-11,17-19,21,33-34H,3-5,12-16H2,1-2H3. The summed E-state index contributed by atoms with van der Waals surface area (Å²) in [5.74, 6) is -0.458. The molecule has 1 atom stereocenters. The number of aromatic hydroxyl groups is 2. The monoisotopic (exact) mass is 495 g/mol. The lowest BCUT2D eigenvalue weighted by Gasteiger charge is -2.32. The van der Waals surface area contributed by atoms with Gasteiger partial charge in [0.25, 0.3) is 0 Å². The van der Waals surface area contributed by atoms with Gasteiger partial charge in [-0.1, -0.05) is 11.2 Å². The molecule has 4 rings (SSSR count). The third-order valence-corrected chi connectivity index (χ3v) is 7.11. The number of likely N-dealkylation sites (tertiary alicyclic amines) is 1. The van der Waals surface area contributed by atoms with Crippen LogP contribution in [0.3, 0.4) is 0 Å². The van der Waals surface area contributed by atoms with E-state index in [1.807, 2.05) is 11.8 Å². The van der Waals surface area contributed by atoms with E-state index in [1.54, 1.807) is 18.2 Å². The Balaban J connectivity index is 1.22. The van der Waals surface area contributed by atoms with Gasteiger partial charge in [0.05, 0.1) is 5.69 Å². The van der Waals surface area contributed by atoms with Gasteiger partial charge < -0.3 is 24.5 Å². The molecule has 1 fully saturated rings. The van der Waals surface area contributed by atoms with Crippen LogP contribution in [0.4, 0.5) is 4.39 Å². The van der Waals surface area contributed by atoms with Gasteiger partial charge in [-0.2, -0.15) is 0 Å². The van der Waals surface area contributed by atoms with Crippen molar-refractivity contribution in [1.29, 1.82) is 0 Å². The zero-order valence-corrected chi connectivity index (χ0v) is 20.9. The first-order valence-electron chi connectivity index (χ1n) is 12.6. The van der Waals surface area contributed by atoms with E-state index in [0.717, 1.165) is 56.4 Å². The van der Waals surface area contributed by atoms with E-state index in [9.17, 15) is 19.4 Å². The third-order valence-electron chi connectivity index (χ3n) is 7.11. The molecule has 0 saturated carbocycles. The molecule has 1 aromatic heterocycles. The third kappa shape index (κ3) is 6.05. The zero-order valence-electron chi connectivity index (χ0n) is 20.9. The number of rotatable bonds is 9. The van der Waals surface area contributed by atoms with Gasteiger partial charge in [-0.15, -0.1) is 0 Å². The van der Waals surface area contributed by atoms with Gasteiger partial charge in [-0.3, -0.25) is 4.79 Å². The molecule has 36 heavy (non-hydrogen) atoms. The number of phenols is 2. The fourth-order valence-corrected chi connectivity index (χ4v) is 5.01. The second-order valence-corrected chi connectivity index (χ2v) is 9.52. The number of benzene rings is 2. The Hall–Kier alpha value is -3.39. The molecule has 1 amide bonds. The molecule has 3 aromatic rings. The van der Waals surface area contributed by atoms with Crippen LogP contribution in [0.2, 0.25) is 0 Å². The molecule has 192 valence electrons. The Labute approximate surface area is 210 Å². The Morgan fingerprint density at radius 1 is 1.22 bits per heavy atom. The molecule has 0 aliphatic carbocycles. The lowest BCUT2D eigenvalue weighted by molar-refractivity contribution is -0.127. The number of carbonyl (C=O) groups is 1. The molecule has 1 aliphatic heterocycles. The Morgan fingerprint density at radius 3 is 2.72 bits per heavy atom. The predicted octanol–water partition coefficient (Wildman–Crippen LogP) is 5.29. The highest BCUT2D eigenvalue weighted by Crippen LogP contribution is 2.33. The molecule has 0 bridgehead atoms. The number of halogens is 1. The summed E-state index contributed by atoms with van der Waals surface area (Å²) in [6.07, 6.45) is 7.05. The summed E-state index contributed by atoms with van der Waals surface area (Å²) in [7, 11) is 0. The number of likely N-dealkylation sites (N-methyl/N-ethyl adjacent to an activating group) is 1. The van der Waals surface area contributed by atoms with E-state index >= 15 is 0 Å². The van der Waals surface area contributed by atoms with E-state index in [0.29, 0.717) is 23.6 Å². The van der Waals surface area contributed by atoms with Crippen molar-refractivity contribution >= 4 is 23.0 Å². The average molecular weight is 496 g/mol. The predicted molar refractivity (Wildman–Crippen MR) is 137 cm³/mol. The van der Waals surface area contributed by atoms with E-state index in [-0.39, 0.29) is 29.3 Å². The van der Waals surface area contributed by atoms with Gasteiger partial charge in [-0.05, 0) is 95.1 Å². The molecule has 7 nitrogen and oxygen atoms in total. The summed E-state index contributed by atoms with van der Waals surface area (Å²) in [5.41, 5.74) is 2.09. The molecule has 1 unspecified atom stereocenters. The van der Waals surface area contributed by atoms with Gasteiger partial charge in [0.15, 0.2) is 17.1 Å². The number of nitrogens with zero attached hydrogens (tertiary/aromatic N) is 3. The highest BCUT2D eigenvalue weighted by atomic mass is 19.1. The van der Waals surface area contributed by atoms with Crippen LogP contribution in [0.1, 0.15) is 56.7 Å². The molecule has 0 spiro atoms. The van der Waals surface area contributed by atoms with Gasteiger partial charge in [-0.25, -0.2) is 4.39 Å². The van der Waals surface area contributed by atoms with Crippen LogP contribution in [0.25, 0.3) is 17.0 Å². The fourth-order valence-electron chi connectivity index (χ4n) is 5.01. The lowest BCUT2D eigenvalue weighted by atomic mass is 9.91. The van der Waals surface area contributed by atoms with Crippen LogP contribution < -0.4 is 0 Å². The maximum Gasteiger partial charge on any atom is 0.246 e. The first kappa shape index (κ1) is 25.7. The normalized spacial score (nSPS) is 16.1. The van der Waals surface area contributed by atoms with E-state index in [2.05, 4.69) is 17.0 Å². The topological polar surface area (TPSA) is 90.0 Å². The summed E-state index contributed by atoms with van der Waals surface area (Å²) in [6.45, 7) is 7.61. The maximum atomic E-state index is 13.4. The number of hydrogen-bond acceptors (Lipinski definition) is 6. The number of phenolic OH excluding ortho intramolecular Hbond substituents is 2. The van der Waals surface area contributed by atoms with Gasteiger partial charge >= 0.3 is 0 Å². The number of carbonyl (C=O) groups excluding carboxylic acids is 1.